The Balaban J connectivity index is 0. The van der Waals surface area contributed by atoms with Crippen LogP contribution >= 0.6 is 0 Å². The van der Waals surface area contributed by atoms with E-state index in [0.717, 1.165) is 6.92 Å². The molecular weight excluding hydrogens is 310 g/mol. The number of carbonyl (C=O) groups is 4. The van der Waals surface area contributed by atoms with Gasteiger partial charge < -0.3 is 24.9 Å². The number of ketones is 1. The quantitative estimate of drug-likeness (QED) is 0.506. The molecule has 1 rings (SSSR count). The predicted octanol–water partition coefficient (Wildman–Crippen LogP) is -1.93. The van der Waals surface area contributed by atoms with Crippen molar-refractivity contribution in [2.45, 2.75) is 6.92 Å². The van der Waals surface area contributed by atoms with Crippen LogP contribution in [0.5, 0.6) is 0 Å². The molecule has 0 fully saturated rings. The van der Waals surface area contributed by atoms with Crippen molar-refractivity contribution in [2.24, 2.45) is 0 Å². The maximum atomic E-state index is 10.4. The zero-order valence-corrected chi connectivity index (χ0v) is 12.9. The first-order chi connectivity index (χ1) is 8.27. The molecule has 0 spiro atoms. The van der Waals surface area contributed by atoms with E-state index in [1.54, 1.807) is 0 Å². The summed E-state index contributed by atoms with van der Waals surface area (Å²) >= 11 is 0. The first kappa shape index (κ1) is 19.3. The second-order valence-electron chi connectivity index (χ2n) is 2.98. The van der Waals surface area contributed by atoms with Crippen LogP contribution < -0.4 is 10.2 Å². The van der Waals surface area contributed by atoms with Crippen molar-refractivity contribution in [1.82, 2.24) is 0 Å². The van der Waals surface area contributed by atoms with E-state index < -0.39 is 23.7 Å². The largest absolute Gasteiger partial charge is 2.00 e. The van der Waals surface area contributed by atoms with Crippen LogP contribution in [0.2, 0.25) is 0 Å². The fraction of sp³-hybridized carbons (Fsp3) is 0.0909. The Labute approximate surface area is 120 Å². The van der Waals surface area contributed by atoms with Gasteiger partial charge in [-0.2, -0.15) is 0 Å². The average Bonchev–Trinajstić information content (AvgIpc) is 2.29. The maximum absolute atomic E-state index is 10.4. The van der Waals surface area contributed by atoms with Gasteiger partial charge in [0.1, 0.15) is 5.97 Å². The zero-order chi connectivity index (χ0) is 14.3. The SMILES string of the molecule is CC(=O)C(=O)[O-].O=C([O-])c1ccccc1C(=O)O.[Zn+2]. The molecule has 7 nitrogen and oxygen atoms in total. The van der Waals surface area contributed by atoms with Gasteiger partial charge in [0.2, 0.25) is 0 Å². The standard InChI is InChI=1S/C8H6O4.C3H4O3.Zn/c9-7(10)5-3-1-2-4-6(5)8(11)12;1-2(4)3(5)6;/h1-4H,(H,9,10)(H,11,12);1H3,(H,5,6);/q;;+2/p-2. The molecule has 0 aliphatic rings. The summed E-state index contributed by atoms with van der Waals surface area (Å²) in [6.45, 7) is 0.940. The summed E-state index contributed by atoms with van der Waals surface area (Å²) in [5, 5.41) is 28.1. The fourth-order valence-electron chi connectivity index (χ4n) is 0.848. The van der Waals surface area contributed by atoms with Gasteiger partial charge in [0, 0.05) is 12.5 Å². The third-order valence-electron chi connectivity index (χ3n) is 1.66. The fourth-order valence-corrected chi connectivity index (χ4v) is 0.848. The number of aromatic carboxylic acids is 2. The molecule has 0 radical (unpaired) electrons. The van der Waals surface area contributed by atoms with E-state index in [9.17, 15) is 29.4 Å². The summed E-state index contributed by atoms with van der Waals surface area (Å²) in [6.07, 6.45) is 0. The Morgan fingerprint density at radius 1 is 1.00 bits per heavy atom. The number of carbonyl (C=O) groups excluding carboxylic acids is 3. The Morgan fingerprint density at radius 2 is 1.37 bits per heavy atom. The number of hydrogen-bond donors (Lipinski definition) is 1. The number of aliphatic carboxylic acids is 1. The molecule has 1 aromatic rings. The van der Waals surface area contributed by atoms with Crippen LogP contribution in [0.15, 0.2) is 24.3 Å². The van der Waals surface area contributed by atoms with E-state index in [0.29, 0.717) is 0 Å². The molecule has 0 aliphatic carbocycles. The van der Waals surface area contributed by atoms with E-state index in [2.05, 4.69) is 0 Å². The van der Waals surface area contributed by atoms with Crippen molar-refractivity contribution in [3.05, 3.63) is 35.4 Å². The van der Waals surface area contributed by atoms with E-state index in [-0.39, 0.29) is 30.6 Å². The molecule has 8 heteroatoms. The molecule has 0 aromatic heterocycles. The van der Waals surface area contributed by atoms with Gasteiger partial charge in [-0.25, -0.2) is 4.79 Å². The van der Waals surface area contributed by atoms with Crippen LogP contribution in [-0.4, -0.2) is 28.8 Å². The van der Waals surface area contributed by atoms with Crippen molar-refractivity contribution in [1.29, 1.82) is 0 Å². The number of Topliss-reactive ketones (excluding diaryl/α,β-unsaturated/α-hetero) is 1. The van der Waals surface area contributed by atoms with Gasteiger partial charge >= 0.3 is 25.4 Å². The summed E-state index contributed by atoms with van der Waals surface area (Å²) in [4.78, 5) is 39.5. The van der Waals surface area contributed by atoms with E-state index in [4.69, 9.17) is 5.11 Å². The van der Waals surface area contributed by atoms with Gasteiger partial charge in [-0.05, 0) is 6.07 Å². The molecule has 1 N–H and O–H groups in total. The summed E-state index contributed by atoms with van der Waals surface area (Å²) in [6, 6.07) is 5.31. The Morgan fingerprint density at radius 3 is 1.58 bits per heavy atom. The predicted molar refractivity (Wildman–Crippen MR) is 53.4 cm³/mol. The van der Waals surface area contributed by atoms with Gasteiger partial charge in [-0.1, -0.05) is 18.2 Å². The van der Waals surface area contributed by atoms with Gasteiger partial charge in [0.25, 0.3) is 0 Å². The monoisotopic (exact) mass is 316 g/mol. The molecule has 0 atom stereocenters. The third kappa shape index (κ3) is 7.05. The number of carboxylic acid groups (broad SMARTS) is 3. The van der Waals surface area contributed by atoms with Crippen LogP contribution in [0, 0.1) is 0 Å². The molecule has 0 unspecified atom stereocenters. The van der Waals surface area contributed by atoms with Crippen LogP contribution in [0.1, 0.15) is 27.6 Å². The van der Waals surface area contributed by atoms with E-state index in [1.807, 2.05) is 0 Å². The molecule has 1 aromatic carbocycles. The molecule has 96 valence electrons. The Bertz CT molecular complexity index is 451. The molecule has 19 heavy (non-hydrogen) atoms. The number of carboxylic acids is 3. The summed E-state index contributed by atoms with van der Waals surface area (Å²) in [5.74, 6) is -5.31. The van der Waals surface area contributed by atoms with Crippen molar-refractivity contribution >= 4 is 23.7 Å². The Kier molecular flexibility index (Phi) is 9.06. The summed E-state index contributed by atoms with van der Waals surface area (Å²) in [7, 11) is 0. The topological polar surface area (TPSA) is 135 Å². The van der Waals surface area contributed by atoms with Crippen LogP contribution in [0.25, 0.3) is 0 Å². The summed E-state index contributed by atoms with van der Waals surface area (Å²) in [5.41, 5.74) is -0.553. The van der Waals surface area contributed by atoms with Gasteiger partial charge in [-0.15, -0.1) is 0 Å². The van der Waals surface area contributed by atoms with Gasteiger partial charge in [-0.3, -0.25) is 4.79 Å². The number of rotatable bonds is 3. The van der Waals surface area contributed by atoms with Crippen LogP contribution in [0.3, 0.4) is 0 Å². The van der Waals surface area contributed by atoms with Crippen molar-refractivity contribution in [3.63, 3.8) is 0 Å². The average molecular weight is 318 g/mol. The van der Waals surface area contributed by atoms with Gasteiger partial charge in [0.15, 0.2) is 5.78 Å². The minimum absolute atomic E-state index is 0. The third-order valence-corrected chi connectivity index (χ3v) is 1.66. The first-order valence-corrected chi connectivity index (χ1v) is 4.53. The second kappa shape index (κ2) is 8.93. The molecular formula is C11H8O7Zn. The minimum atomic E-state index is -1.63. The van der Waals surface area contributed by atoms with Gasteiger partial charge in [0.05, 0.1) is 11.5 Å². The summed E-state index contributed by atoms with van der Waals surface area (Å²) < 4.78 is 0. The van der Waals surface area contributed by atoms with Crippen molar-refractivity contribution in [2.75, 3.05) is 0 Å². The van der Waals surface area contributed by atoms with Crippen molar-refractivity contribution in [3.8, 4) is 0 Å². The molecule has 0 aliphatic heterocycles. The molecule has 0 amide bonds. The molecule has 0 saturated heterocycles. The van der Waals surface area contributed by atoms with E-state index >= 15 is 0 Å². The number of benzene rings is 1. The Hall–Kier alpha value is -2.08. The van der Waals surface area contributed by atoms with Crippen LogP contribution in [-0.2, 0) is 29.1 Å². The molecule has 0 saturated carbocycles. The minimum Gasteiger partial charge on any atom is -0.545 e. The van der Waals surface area contributed by atoms with Crippen LogP contribution in [0.4, 0.5) is 0 Å². The zero-order valence-electron chi connectivity index (χ0n) is 9.91. The maximum Gasteiger partial charge on any atom is 2.00 e. The first-order valence-electron chi connectivity index (χ1n) is 4.53. The normalized spacial score (nSPS) is 8.26. The van der Waals surface area contributed by atoms with E-state index in [1.165, 1.54) is 24.3 Å². The molecule has 0 heterocycles. The molecule has 0 bridgehead atoms. The van der Waals surface area contributed by atoms with Crippen molar-refractivity contribution < 1.29 is 54.0 Å². The second-order valence-corrected chi connectivity index (χ2v) is 2.98. The number of hydrogen-bond acceptors (Lipinski definition) is 6. The smallest absolute Gasteiger partial charge is 0.545 e.